The summed E-state index contributed by atoms with van der Waals surface area (Å²) in [6, 6.07) is 19.4. The van der Waals surface area contributed by atoms with Crippen LogP contribution in [0.5, 0.6) is 0 Å². The molecule has 136 valence electrons. The Kier molecular flexibility index (Phi) is 4.71. The average Bonchev–Trinajstić information content (AvgIpc) is 3.41. The summed E-state index contributed by atoms with van der Waals surface area (Å²) in [4.78, 5) is 11.8. The monoisotopic (exact) mass is 349 g/mol. The molecule has 0 aromatic heterocycles. The van der Waals surface area contributed by atoms with Crippen LogP contribution in [0.25, 0.3) is 0 Å². The molecule has 3 heteroatoms. The Morgan fingerprint density at radius 2 is 1.77 bits per heavy atom. The predicted octanol–water partition coefficient (Wildman–Crippen LogP) is 5.14. The summed E-state index contributed by atoms with van der Waals surface area (Å²) in [5.41, 5.74) is 4.15. The largest absolute Gasteiger partial charge is 0.469 e. The lowest BCUT2D eigenvalue weighted by molar-refractivity contribution is -0.143. The number of hydrogen-bond acceptors (Lipinski definition) is 3. The lowest BCUT2D eigenvalue weighted by Gasteiger charge is -2.29. The number of ether oxygens (including phenoxy) is 1. The van der Waals surface area contributed by atoms with Crippen molar-refractivity contribution in [1.29, 1.82) is 0 Å². The molecule has 2 aliphatic carbocycles. The average molecular weight is 349 g/mol. The lowest BCUT2D eigenvalue weighted by atomic mass is 9.76. The Hall–Kier alpha value is -2.29. The van der Waals surface area contributed by atoms with E-state index in [1.54, 1.807) is 0 Å². The lowest BCUT2D eigenvalue weighted by Crippen LogP contribution is -2.19. The van der Waals surface area contributed by atoms with Gasteiger partial charge in [-0.2, -0.15) is 0 Å². The summed E-state index contributed by atoms with van der Waals surface area (Å²) in [6.45, 7) is 0.848. The summed E-state index contributed by atoms with van der Waals surface area (Å²) < 4.78 is 4.94. The molecule has 1 unspecified atom stereocenters. The maximum Gasteiger partial charge on any atom is 0.309 e. The number of carbonyl (C=O) groups is 1. The van der Waals surface area contributed by atoms with Gasteiger partial charge in [-0.3, -0.25) is 4.79 Å². The highest BCUT2D eigenvalue weighted by Gasteiger charge is 2.59. The van der Waals surface area contributed by atoms with Crippen LogP contribution in [0.4, 0.5) is 5.69 Å². The predicted molar refractivity (Wildman–Crippen MR) is 104 cm³/mol. The first-order valence-electron chi connectivity index (χ1n) is 9.66. The van der Waals surface area contributed by atoms with Crippen molar-refractivity contribution >= 4 is 11.7 Å². The standard InChI is InChI=1S/C23H27NO2/c1-26-22(25)21-15-23(21)13-11-19(12-14-23)18-7-9-20(10-8-18)24-16-17-5-3-2-4-6-17/h2-10,19,21,24H,11-16H2,1H3. The second kappa shape index (κ2) is 7.14. The molecule has 2 fully saturated rings. The molecular weight excluding hydrogens is 322 g/mol. The van der Waals surface area contributed by atoms with Crippen LogP contribution in [-0.4, -0.2) is 13.1 Å². The molecule has 26 heavy (non-hydrogen) atoms. The van der Waals surface area contributed by atoms with E-state index < -0.39 is 0 Å². The van der Waals surface area contributed by atoms with Gasteiger partial charge < -0.3 is 10.1 Å². The smallest absolute Gasteiger partial charge is 0.309 e. The van der Waals surface area contributed by atoms with Crippen LogP contribution in [0.15, 0.2) is 54.6 Å². The molecule has 0 aliphatic heterocycles. The third kappa shape index (κ3) is 3.48. The Morgan fingerprint density at radius 3 is 2.42 bits per heavy atom. The van der Waals surface area contributed by atoms with Gasteiger partial charge in [0, 0.05) is 12.2 Å². The van der Waals surface area contributed by atoms with Crippen molar-refractivity contribution in [2.75, 3.05) is 12.4 Å². The van der Waals surface area contributed by atoms with Gasteiger partial charge >= 0.3 is 5.97 Å². The summed E-state index contributed by atoms with van der Waals surface area (Å²) in [6.07, 6.45) is 5.72. The quantitative estimate of drug-likeness (QED) is 0.760. The summed E-state index contributed by atoms with van der Waals surface area (Å²) >= 11 is 0. The molecule has 2 aromatic carbocycles. The normalized spacial score (nSPS) is 27.1. The summed E-state index contributed by atoms with van der Waals surface area (Å²) in [5, 5.41) is 3.49. The Bertz CT molecular complexity index is 746. The van der Waals surface area contributed by atoms with E-state index >= 15 is 0 Å². The van der Waals surface area contributed by atoms with Crippen molar-refractivity contribution in [3.8, 4) is 0 Å². The molecule has 1 spiro atoms. The molecule has 2 aromatic rings. The third-order valence-corrected chi connectivity index (χ3v) is 6.38. The Balaban J connectivity index is 1.30. The zero-order chi connectivity index (χ0) is 18.0. The van der Waals surface area contributed by atoms with Crippen LogP contribution in [-0.2, 0) is 16.1 Å². The molecule has 0 radical (unpaired) electrons. The first kappa shape index (κ1) is 17.1. The number of anilines is 1. The maximum atomic E-state index is 11.8. The summed E-state index contributed by atoms with van der Waals surface area (Å²) in [7, 11) is 1.51. The third-order valence-electron chi connectivity index (χ3n) is 6.38. The van der Waals surface area contributed by atoms with Gasteiger partial charge in [0.15, 0.2) is 0 Å². The van der Waals surface area contributed by atoms with E-state index in [0.29, 0.717) is 5.92 Å². The maximum absolute atomic E-state index is 11.8. The van der Waals surface area contributed by atoms with Crippen LogP contribution in [0, 0.1) is 11.3 Å². The highest BCUT2D eigenvalue weighted by Crippen LogP contribution is 2.63. The van der Waals surface area contributed by atoms with Crippen molar-refractivity contribution in [3.05, 3.63) is 65.7 Å². The van der Waals surface area contributed by atoms with E-state index in [1.807, 2.05) is 6.07 Å². The van der Waals surface area contributed by atoms with Crippen LogP contribution >= 0.6 is 0 Å². The van der Waals surface area contributed by atoms with Gasteiger partial charge in [0.2, 0.25) is 0 Å². The molecule has 2 saturated carbocycles. The van der Waals surface area contributed by atoms with Gasteiger partial charge in [-0.25, -0.2) is 0 Å². The number of carbonyl (C=O) groups excluding carboxylic acids is 1. The van der Waals surface area contributed by atoms with E-state index in [0.717, 1.165) is 31.5 Å². The Morgan fingerprint density at radius 1 is 1.08 bits per heavy atom. The number of esters is 1. The first-order chi connectivity index (χ1) is 12.7. The van der Waals surface area contributed by atoms with Crippen molar-refractivity contribution in [2.45, 2.75) is 44.6 Å². The molecule has 3 nitrogen and oxygen atoms in total. The van der Waals surface area contributed by atoms with E-state index in [4.69, 9.17) is 4.74 Å². The van der Waals surface area contributed by atoms with Crippen molar-refractivity contribution in [2.24, 2.45) is 11.3 Å². The molecule has 1 N–H and O–H groups in total. The molecule has 4 rings (SSSR count). The molecule has 0 heterocycles. The zero-order valence-corrected chi connectivity index (χ0v) is 15.4. The van der Waals surface area contributed by atoms with Crippen molar-refractivity contribution in [1.82, 2.24) is 0 Å². The molecular formula is C23H27NO2. The second-order valence-electron chi connectivity index (χ2n) is 7.88. The number of benzene rings is 2. The van der Waals surface area contributed by atoms with Gasteiger partial charge in [0.25, 0.3) is 0 Å². The highest BCUT2D eigenvalue weighted by atomic mass is 16.5. The minimum atomic E-state index is -0.00251. The minimum absolute atomic E-state index is 0.00251. The minimum Gasteiger partial charge on any atom is -0.469 e. The van der Waals surface area contributed by atoms with Crippen molar-refractivity contribution < 1.29 is 9.53 Å². The summed E-state index contributed by atoms with van der Waals surface area (Å²) in [5.74, 6) is 0.790. The number of hydrogen-bond donors (Lipinski definition) is 1. The van der Waals surface area contributed by atoms with Gasteiger partial charge in [-0.1, -0.05) is 42.5 Å². The van der Waals surface area contributed by atoms with E-state index in [-0.39, 0.29) is 17.3 Å². The molecule has 0 amide bonds. The SMILES string of the molecule is COC(=O)C1CC12CCC(c1ccc(NCc3ccccc3)cc1)CC2. The van der Waals surface area contributed by atoms with Crippen LogP contribution in [0.2, 0.25) is 0 Å². The number of methoxy groups -OCH3 is 1. The van der Waals surface area contributed by atoms with E-state index in [2.05, 4.69) is 53.8 Å². The van der Waals surface area contributed by atoms with Gasteiger partial charge in [-0.05, 0) is 66.7 Å². The highest BCUT2D eigenvalue weighted by molar-refractivity contribution is 5.76. The van der Waals surface area contributed by atoms with Crippen LogP contribution in [0.3, 0.4) is 0 Å². The van der Waals surface area contributed by atoms with Crippen molar-refractivity contribution in [3.63, 3.8) is 0 Å². The molecule has 1 atom stereocenters. The fourth-order valence-corrected chi connectivity index (χ4v) is 4.57. The number of rotatable bonds is 5. The zero-order valence-electron chi connectivity index (χ0n) is 15.4. The van der Waals surface area contributed by atoms with Gasteiger partial charge in [0.1, 0.15) is 0 Å². The Labute approximate surface area is 155 Å². The van der Waals surface area contributed by atoms with Crippen LogP contribution < -0.4 is 5.32 Å². The van der Waals surface area contributed by atoms with Crippen LogP contribution in [0.1, 0.15) is 49.1 Å². The fraction of sp³-hybridized carbons (Fsp3) is 0.435. The molecule has 0 bridgehead atoms. The first-order valence-corrected chi connectivity index (χ1v) is 9.66. The van der Waals surface area contributed by atoms with Gasteiger partial charge in [0.05, 0.1) is 13.0 Å². The van der Waals surface area contributed by atoms with Gasteiger partial charge in [-0.15, -0.1) is 0 Å². The number of nitrogens with one attached hydrogen (secondary N) is 1. The molecule has 2 aliphatic rings. The fourth-order valence-electron chi connectivity index (χ4n) is 4.57. The van der Waals surface area contributed by atoms with E-state index in [1.165, 1.54) is 31.1 Å². The topological polar surface area (TPSA) is 38.3 Å². The second-order valence-corrected chi connectivity index (χ2v) is 7.88. The van der Waals surface area contributed by atoms with E-state index in [9.17, 15) is 4.79 Å². The molecule has 0 saturated heterocycles.